The molecule has 0 spiro atoms. The Morgan fingerprint density at radius 1 is 1.10 bits per heavy atom. The van der Waals surface area contributed by atoms with Gasteiger partial charge < -0.3 is 5.11 Å². The Morgan fingerprint density at radius 2 is 1.84 bits per heavy atom. The van der Waals surface area contributed by atoms with Crippen molar-refractivity contribution in [3.63, 3.8) is 0 Å². The van der Waals surface area contributed by atoms with Gasteiger partial charge in [0.2, 0.25) is 0 Å². The van der Waals surface area contributed by atoms with Crippen LogP contribution >= 0.6 is 11.6 Å². The Labute approximate surface area is 185 Å². The van der Waals surface area contributed by atoms with Gasteiger partial charge in [0, 0.05) is 22.5 Å². The summed E-state index contributed by atoms with van der Waals surface area (Å²) >= 11 is 6.20. The lowest BCUT2D eigenvalue weighted by Gasteiger charge is -2.26. The van der Waals surface area contributed by atoms with Crippen LogP contribution in [0.25, 0.3) is 5.76 Å². The van der Waals surface area contributed by atoms with Gasteiger partial charge in [-0.2, -0.15) is 0 Å². The highest BCUT2D eigenvalue weighted by molar-refractivity contribution is 6.52. The number of Topliss-reactive ketones (excluding diaryl/α,β-unsaturated/α-hetero) is 1. The van der Waals surface area contributed by atoms with Crippen LogP contribution in [-0.2, 0) is 16.0 Å². The first-order valence-corrected chi connectivity index (χ1v) is 10.4. The number of ketones is 1. The zero-order valence-electron chi connectivity index (χ0n) is 17.2. The molecule has 6 heteroatoms. The average molecular weight is 433 g/mol. The number of aliphatic hydroxyl groups is 1. The van der Waals surface area contributed by atoms with Crippen LogP contribution in [0.4, 0.5) is 5.69 Å². The summed E-state index contributed by atoms with van der Waals surface area (Å²) in [4.78, 5) is 32.1. The van der Waals surface area contributed by atoms with E-state index < -0.39 is 17.7 Å². The third-order valence-electron chi connectivity index (χ3n) is 5.48. The minimum absolute atomic E-state index is 0.00678. The molecule has 4 rings (SSSR count). The first-order chi connectivity index (χ1) is 14.9. The van der Waals surface area contributed by atoms with Crippen LogP contribution in [0.2, 0.25) is 5.02 Å². The number of carbonyl (C=O) groups is 2. The molecule has 1 unspecified atom stereocenters. The predicted octanol–water partition coefficient (Wildman–Crippen LogP) is 5.23. The number of hydrogen-bond acceptors (Lipinski definition) is 4. The summed E-state index contributed by atoms with van der Waals surface area (Å²) in [5.41, 5.74) is 3.34. The monoisotopic (exact) mass is 432 g/mol. The topological polar surface area (TPSA) is 70.5 Å². The second kappa shape index (κ2) is 8.36. The van der Waals surface area contributed by atoms with E-state index in [1.165, 1.54) is 4.90 Å². The highest BCUT2D eigenvalue weighted by Crippen LogP contribution is 2.43. The molecule has 156 valence electrons. The van der Waals surface area contributed by atoms with E-state index in [1.807, 2.05) is 26.0 Å². The molecule has 1 saturated heterocycles. The molecule has 1 aliphatic heterocycles. The fourth-order valence-corrected chi connectivity index (χ4v) is 3.96. The number of anilines is 1. The molecular weight excluding hydrogens is 412 g/mol. The highest BCUT2D eigenvalue weighted by Gasteiger charge is 2.48. The molecular formula is C25H21ClN2O3. The molecule has 1 aromatic heterocycles. The maximum Gasteiger partial charge on any atom is 0.300 e. The van der Waals surface area contributed by atoms with Crippen LogP contribution in [0.5, 0.6) is 0 Å². The maximum atomic E-state index is 13.2. The van der Waals surface area contributed by atoms with Crippen LogP contribution in [-0.4, -0.2) is 21.8 Å². The van der Waals surface area contributed by atoms with E-state index in [9.17, 15) is 14.7 Å². The van der Waals surface area contributed by atoms with Crippen molar-refractivity contribution in [2.24, 2.45) is 0 Å². The van der Waals surface area contributed by atoms with Gasteiger partial charge in [0.15, 0.2) is 0 Å². The van der Waals surface area contributed by atoms with E-state index >= 15 is 0 Å². The average Bonchev–Trinajstić information content (AvgIpc) is 3.06. The van der Waals surface area contributed by atoms with E-state index in [0.29, 0.717) is 22.0 Å². The van der Waals surface area contributed by atoms with Crippen LogP contribution in [0.3, 0.4) is 0 Å². The molecule has 31 heavy (non-hydrogen) atoms. The van der Waals surface area contributed by atoms with E-state index in [0.717, 1.165) is 17.5 Å². The summed E-state index contributed by atoms with van der Waals surface area (Å²) in [6, 6.07) is 16.8. The summed E-state index contributed by atoms with van der Waals surface area (Å²) in [6.07, 6.45) is 2.45. The number of aliphatic hydroxyl groups excluding tert-OH is 1. The normalized spacial score (nSPS) is 17.9. The van der Waals surface area contributed by atoms with Crippen molar-refractivity contribution < 1.29 is 14.7 Å². The highest BCUT2D eigenvalue weighted by atomic mass is 35.5. The molecule has 0 saturated carbocycles. The van der Waals surface area contributed by atoms with Crippen LogP contribution in [0.1, 0.15) is 35.3 Å². The minimum atomic E-state index is -0.871. The Balaban J connectivity index is 1.94. The summed E-state index contributed by atoms with van der Waals surface area (Å²) in [7, 11) is 0. The molecule has 1 amide bonds. The predicted molar refractivity (Wildman–Crippen MR) is 121 cm³/mol. The number of benzene rings is 2. The first-order valence-electron chi connectivity index (χ1n) is 9.99. The molecule has 2 heterocycles. The minimum Gasteiger partial charge on any atom is -0.507 e. The maximum absolute atomic E-state index is 13.2. The lowest BCUT2D eigenvalue weighted by Crippen LogP contribution is -2.30. The number of amides is 1. The van der Waals surface area contributed by atoms with E-state index in [2.05, 4.69) is 4.98 Å². The van der Waals surface area contributed by atoms with Crippen molar-refractivity contribution >= 4 is 34.7 Å². The van der Waals surface area contributed by atoms with Crippen molar-refractivity contribution in [2.45, 2.75) is 26.3 Å². The quantitative estimate of drug-likeness (QED) is 0.348. The van der Waals surface area contributed by atoms with Gasteiger partial charge >= 0.3 is 0 Å². The van der Waals surface area contributed by atoms with Gasteiger partial charge in [0.05, 0.1) is 11.3 Å². The summed E-state index contributed by atoms with van der Waals surface area (Å²) in [6.45, 7) is 3.87. The van der Waals surface area contributed by atoms with Crippen LogP contribution < -0.4 is 4.90 Å². The largest absolute Gasteiger partial charge is 0.507 e. The summed E-state index contributed by atoms with van der Waals surface area (Å²) in [5, 5.41) is 11.6. The lowest BCUT2D eigenvalue weighted by molar-refractivity contribution is -0.132. The van der Waals surface area contributed by atoms with Crippen molar-refractivity contribution in [1.29, 1.82) is 0 Å². The van der Waals surface area contributed by atoms with Crippen LogP contribution in [0, 0.1) is 6.92 Å². The second-order valence-corrected chi connectivity index (χ2v) is 7.84. The molecule has 3 aromatic rings. The van der Waals surface area contributed by atoms with Crippen molar-refractivity contribution in [1.82, 2.24) is 4.98 Å². The zero-order chi connectivity index (χ0) is 22.1. The fourth-order valence-electron chi connectivity index (χ4n) is 3.79. The molecule has 0 bridgehead atoms. The number of hydrogen-bond donors (Lipinski definition) is 1. The third-order valence-corrected chi connectivity index (χ3v) is 5.71. The Kier molecular flexibility index (Phi) is 5.61. The van der Waals surface area contributed by atoms with E-state index in [-0.39, 0.29) is 11.3 Å². The van der Waals surface area contributed by atoms with Gasteiger partial charge in [0.25, 0.3) is 11.7 Å². The second-order valence-electron chi connectivity index (χ2n) is 7.40. The van der Waals surface area contributed by atoms with Gasteiger partial charge in [-0.1, -0.05) is 54.9 Å². The number of rotatable bonds is 4. The van der Waals surface area contributed by atoms with Gasteiger partial charge in [-0.3, -0.25) is 19.5 Å². The lowest BCUT2D eigenvalue weighted by atomic mass is 9.97. The molecule has 1 aliphatic rings. The van der Waals surface area contributed by atoms with Gasteiger partial charge in [-0.05, 0) is 48.7 Å². The standard InChI is InChI=1S/C25H21ClN2O3/c1-3-16-8-10-17(11-9-16)23(29)21-22(19-6-4-5-13-27-19)28(25(31)24(21)30)20-14-18(26)12-7-15(20)2/h4-14,22,29H,3H2,1-2H3/b23-21+. The summed E-state index contributed by atoms with van der Waals surface area (Å²) < 4.78 is 0. The smallest absolute Gasteiger partial charge is 0.300 e. The summed E-state index contributed by atoms with van der Waals surface area (Å²) in [5.74, 6) is -1.71. The van der Waals surface area contributed by atoms with E-state index in [1.54, 1.807) is 54.7 Å². The third kappa shape index (κ3) is 3.73. The molecule has 0 radical (unpaired) electrons. The van der Waals surface area contributed by atoms with Crippen molar-refractivity contribution in [3.8, 4) is 0 Å². The fraction of sp³-hybridized carbons (Fsp3) is 0.160. The zero-order valence-corrected chi connectivity index (χ0v) is 17.9. The number of aromatic nitrogens is 1. The van der Waals surface area contributed by atoms with Crippen LogP contribution in [0.15, 0.2) is 72.4 Å². The Hall–Kier alpha value is -3.44. The molecule has 1 atom stereocenters. The number of pyridine rings is 1. The molecule has 1 fully saturated rings. The Bertz CT molecular complexity index is 1190. The first kappa shape index (κ1) is 20.8. The van der Waals surface area contributed by atoms with Gasteiger partial charge in [-0.25, -0.2) is 0 Å². The molecule has 1 N–H and O–H groups in total. The Morgan fingerprint density at radius 3 is 2.48 bits per heavy atom. The molecule has 0 aliphatic carbocycles. The van der Waals surface area contributed by atoms with E-state index in [4.69, 9.17) is 11.6 Å². The SMILES string of the molecule is CCc1ccc(/C(O)=C2\C(=O)C(=O)N(c3cc(Cl)ccc3C)C2c2ccccn2)cc1. The molecule has 2 aromatic carbocycles. The number of nitrogens with zero attached hydrogens (tertiary/aromatic N) is 2. The number of aryl methyl sites for hydroxylation is 2. The van der Waals surface area contributed by atoms with Gasteiger partial charge in [0.1, 0.15) is 11.8 Å². The van der Waals surface area contributed by atoms with Gasteiger partial charge in [-0.15, -0.1) is 0 Å². The van der Waals surface area contributed by atoms with Crippen molar-refractivity contribution in [3.05, 3.63) is 99.8 Å². The number of carbonyl (C=O) groups excluding carboxylic acids is 2. The molecule has 5 nitrogen and oxygen atoms in total. The van der Waals surface area contributed by atoms with Crippen molar-refractivity contribution in [2.75, 3.05) is 4.90 Å². The number of halogens is 1.